The van der Waals surface area contributed by atoms with Crippen molar-refractivity contribution in [2.24, 2.45) is 5.92 Å². The Kier molecular flexibility index (Phi) is 2.99. The molecule has 80 valence electrons. The van der Waals surface area contributed by atoms with Crippen LogP contribution >= 0.6 is 0 Å². The third-order valence-electron chi connectivity index (χ3n) is 2.74. The van der Waals surface area contributed by atoms with Crippen LogP contribution < -0.4 is 4.74 Å². The van der Waals surface area contributed by atoms with E-state index in [0.717, 1.165) is 0 Å². The molecule has 1 aliphatic rings. The van der Waals surface area contributed by atoms with Crippen LogP contribution in [0.1, 0.15) is 29.6 Å². The Bertz CT molecular complexity index is 359. The molecule has 0 spiro atoms. The van der Waals surface area contributed by atoms with E-state index in [-0.39, 0.29) is 0 Å². The van der Waals surface area contributed by atoms with Gasteiger partial charge in [0, 0.05) is 11.6 Å². The summed E-state index contributed by atoms with van der Waals surface area (Å²) in [5.74, 6) is 0.625. The van der Waals surface area contributed by atoms with Crippen molar-refractivity contribution >= 4 is 6.29 Å². The molecule has 1 saturated carbocycles. The molecule has 2 nitrogen and oxygen atoms in total. The highest BCUT2D eigenvalue weighted by molar-refractivity contribution is 5.75. The van der Waals surface area contributed by atoms with Crippen molar-refractivity contribution in [3.05, 3.63) is 29.6 Å². The Morgan fingerprint density at radius 3 is 2.80 bits per heavy atom. The van der Waals surface area contributed by atoms with Gasteiger partial charge in [0.2, 0.25) is 0 Å². The fourth-order valence-electron chi connectivity index (χ4n) is 1.61. The molecule has 0 radical (unpaired) electrons. The smallest absolute Gasteiger partial charge is 0.150 e. The number of carbonyl (C=O) groups is 1. The van der Waals surface area contributed by atoms with E-state index in [4.69, 9.17) is 4.74 Å². The van der Waals surface area contributed by atoms with Gasteiger partial charge in [0.1, 0.15) is 17.9 Å². The molecule has 0 aromatic heterocycles. The summed E-state index contributed by atoms with van der Waals surface area (Å²) in [4.78, 5) is 10.5. The molecule has 0 N–H and O–H groups in total. The van der Waals surface area contributed by atoms with E-state index in [0.29, 0.717) is 30.1 Å². The van der Waals surface area contributed by atoms with Crippen molar-refractivity contribution in [3.8, 4) is 5.75 Å². The molecule has 0 atom stereocenters. The summed E-state index contributed by atoms with van der Waals surface area (Å²) in [5, 5.41) is 0. The Balaban J connectivity index is 1.99. The van der Waals surface area contributed by atoms with E-state index in [1.807, 2.05) is 0 Å². The molecule has 1 fully saturated rings. The average Bonchev–Trinajstić information content (AvgIpc) is 2.14. The van der Waals surface area contributed by atoms with E-state index in [1.165, 1.54) is 31.4 Å². The monoisotopic (exact) mass is 208 g/mol. The van der Waals surface area contributed by atoms with Crippen LogP contribution in [0.2, 0.25) is 0 Å². The van der Waals surface area contributed by atoms with Gasteiger partial charge in [-0.25, -0.2) is 4.39 Å². The van der Waals surface area contributed by atoms with Crippen LogP contribution in [0.3, 0.4) is 0 Å². The third kappa shape index (κ3) is 2.55. The molecule has 1 aromatic carbocycles. The highest BCUT2D eigenvalue weighted by Crippen LogP contribution is 2.27. The first kappa shape index (κ1) is 10.1. The lowest BCUT2D eigenvalue weighted by Crippen LogP contribution is -2.19. The Morgan fingerprint density at radius 1 is 1.40 bits per heavy atom. The summed E-state index contributed by atoms with van der Waals surface area (Å²) in [7, 11) is 0. The van der Waals surface area contributed by atoms with Crippen molar-refractivity contribution in [1.82, 2.24) is 0 Å². The van der Waals surface area contributed by atoms with E-state index < -0.39 is 5.82 Å². The topological polar surface area (TPSA) is 26.3 Å². The van der Waals surface area contributed by atoms with Crippen molar-refractivity contribution < 1.29 is 13.9 Å². The fraction of sp³-hybridized carbons (Fsp3) is 0.417. The predicted octanol–water partition coefficient (Wildman–Crippen LogP) is 2.82. The molecule has 0 amide bonds. The van der Waals surface area contributed by atoms with Crippen LogP contribution in [0.25, 0.3) is 0 Å². The van der Waals surface area contributed by atoms with Crippen LogP contribution in [-0.2, 0) is 0 Å². The van der Waals surface area contributed by atoms with Crippen molar-refractivity contribution in [2.45, 2.75) is 19.3 Å². The zero-order valence-corrected chi connectivity index (χ0v) is 8.41. The zero-order chi connectivity index (χ0) is 10.7. The summed E-state index contributed by atoms with van der Waals surface area (Å²) < 4.78 is 18.4. The molecule has 3 heteroatoms. The van der Waals surface area contributed by atoms with Crippen LogP contribution in [0, 0.1) is 11.7 Å². The van der Waals surface area contributed by atoms with Gasteiger partial charge < -0.3 is 4.74 Å². The Hall–Kier alpha value is -1.38. The van der Waals surface area contributed by atoms with Gasteiger partial charge in [0.05, 0.1) is 6.61 Å². The minimum Gasteiger partial charge on any atom is -0.493 e. The number of hydrogen-bond acceptors (Lipinski definition) is 2. The first-order valence-electron chi connectivity index (χ1n) is 5.16. The van der Waals surface area contributed by atoms with Crippen LogP contribution in [0.5, 0.6) is 5.75 Å². The highest BCUT2D eigenvalue weighted by Gasteiger charge is 2.17. The van der Waals surface area contributed by atoms with Crippen molar-refractivity contribution in [1.29, 1.82) is 0 Å². The largest absolute Gasteiger partial charge is 0.493 e. The number of halogens is 1. The van der Waals surface area contributed by atoms with Crippen molar-refractivity contribution in [2.75, 3.05) is 6.61 Å². The number of benzene rings is 1. The third-order valence-corrected chi connectivity index (χ3v) is 2.74. The molecule has 15 heavy (non-hydrogen) atoms. The fourth-order valence-corrected chi connectivity index (χ4v) is 1.61. The molecule has 0 unspecified atom stereocenters. The Morgan fingerprint density at radius 2 is 2.20 bits per heavy atom. The van der Waals surface area contributed by atoms with Gasteiger partial charge in [-0.05, 0) is 30.9 Å². The van der Waals surface area contributed by atoms with Crippen molar-refractivity contribution in [3.63, 3.8) is 0 Å². The lowest BCUT2D eigenvalue weighted by atomic mass is 9.86. The van der Waals surface area contributed by atoms with E-state index in [2.05, 4.69) is 0 Å². The first-order valence-corrected chi connectivity index (χ1v) is 5.16. The molecule has 1 aromatic rings. The average molecular weight is 208 g/mol. The zero-order valence-electron chi connectivity index (χ0n) is 8.41. The second kappa shape index (κ2) is 4.43. The van der Waals surface area contributed by atoms with Crippen LogP contribution in [-0.4, -0.2) is 12.9 Å². The minimum absolute atomic E-state index is 0.318. The van der Waals surface area contributed by atoms with Gasteiger partial charge >= 0.3 is 0 Å². The summed E-state index contributed by atoms with van der Waals surface area (Å²) >= 11 is 0. The summed E-state index contributed by atoms with van der Waals surface area (Å²) in [6, 6.07) is 4.07. The maximum atomic E-state index is 13.0. The Labute approximate surface area is 88.1 Å². The molecule has 2 rings (SSSR count). The van der Waals surface area contributed by atoms with Gasteiger partial charge in [-0.2, -0.15) is 0 Å². The van der Waals surface area contributed by atoms with E-state index >= 15 is 0 Å². The molecular formula is C12H13FO2. The van der Waals surface area contributed by atoms with Crippen LogP contribution in [0.4, 0.5) is 4.39 Å². The molecule has 0 heterocycles. The second-order valence-corrected chi connectivity index (χ2v) is 3.95. The standard InChI is InChI=1S/C12H13FO2/c13-11-4-10(7-14)5-12(6-11)15-8-9-2-1-3-9/h4-7,9H,1-3,8H2. The number of rotatable bonds is 4. The molecular weight excluding hydrogens is 195 g/mol. The number of ether oxygens (including phenoxy) is 1. The predicted molar refractivity (Wildman–Crippen MR) is 54.6 cm³/mol. The second-order valence-electron chi connectivity index (χ2n) is 3.95. The van der Waals surface area contributed by atoms with E-state index in [1.54, 1.807) is 6.07 Å². The number of hydrogen-bond donors (Lipinski definition) is 0. The molecule has 0 saturated heterocycles. The summed E-state index contributed by atoms with van der Waals surface area (Å²) in [5.41, 5.74) is 0.318. The van der Waals surface area contributed by atoms with Gasteiger partial charge in [0.25, 0.3) is 0 Å². The lowest BCUT2D eigenvalue weighted by molar-refractivity contribution is 0.112. The first-order chi connectivity index (χ1) is 7.28. The van der Waals surface area contributed by atoms with Gasteiger partial charge in [0.15, 0.2) is 0 Å². The maximum absolute atomic E-state index is 13.0. The molecule has 0 aliphatic heterocycles. The lowest BCUT2D eigenvalue weighted by Gasteiger charge is -2.25. The number of carbonyl (C=O) groups excluding carboxylic acids is 1. The van der Waals surface area contributed by atoms with Gasteiger partial charge in [-0.3, -0.25) is 4.79 Å². The minimum atomic E-state index is -0.428. The quantitative estimate of drug-likeness (QED) is 0.711. The van der Waals surface area contributed by atoms with Crippen LogP contribution in [0.15, 0.2) is 18.2 Å². The maximum Gasteiger partial charge on any atom is 0.150 e. The summed E-state index contributed by atoms with van der Waals surface area (Å²) in [6.07, 6.45) is 4.27. The SMILES string of the molecule is O=Cc1cc(F)cc(OCC2CCC2)c1. The highest BCUT2D eigenvalue weighted by atomic mass is 19.1. The van der Waals surface area contributed by atoms with Gasteiger partial charge in [-0.15, -0.1) is 0 Å². The molecule has 0 bridgehead atoms. The number of aldehydes is 1. The van der Waals surface area contributed by atoms with E-state index in [9.17, 15) is 9.18 Å². The van der Waals surface area contributed by atoms with Gasteiger partial charge in [-0.1, -0.05) is 6.42 Å². The summed E-state index contributed by atoms with van der Waals surface area (Å²) in [6.45, 7) is 0.627. The normalized spacial score (nSPS) is 15.8. The molecule has 1 aliphatic carbocycles.